The van der Waals surface area contributed by atoms with E-state index in [9.17, 15) is 4.79 Å². The number of hydrogen-bond acceptors (Lipinski definition) is 5. The lowest BCUT2D eigenvalue weighted by Gasteiger charge is -2.22. The van der Waals surface area contributed by atoms with E-state index in [-0.39, 0.29) is 5.91 Å². The van der Waals surface area contributed by atoms with E-state index in [2.05, 4.69) is 24.0 Å². The summed E-state index contributed by atoms with van der Waals surface area (Å²) in [6.07, 6.45) is 0.844. The van der Waals surface area contributed by atoms with Crippen LogP contribution in [-0.4, -0.2) is 50.1 Å². The number of nitrogens with zero attached hydrogens (tertiary/aromatic N) is 3. The number of anilines is 1. The monoisotopic (exact) mass is 459 g/mol. The van der Waals surface area contributed by atoms with E-state index >= 15 is 0 Å². The number of aryl methyl sites for hydroxylation is 1. The minimum atomic E-state index is -0.0428. The first-order valence-electron chi connectivity index (χ1n) is 11.0. The van der Waals surface area contributed by atoms with Crippen LogP contribution in [-0.2, 0) is 6.42 Å². The van der Waals surface area contributed by atoms with Crippen molar-refractivity contribution in [3.63, 3.8) is 0 Å². The molecule has 4 rings (SSSR count). The third-order valence-electron chi connectivity index (χ3n) is 5.61. The van der Waals surface area contributed by atoms with Crippen LogP contribution in [0.25, 0.3) is 10.2 Å². The minimum absolute atomic E-state index is 0.0428. The van der Waals surface area contributed by atoms with Crippen LogP contribution >= 0.6 is 11.3 Å². The molecule has 6 heteroatoms. The van der Waals surface area contributed by atoms with Gasteiger partial charge < -0.3 is 9.64 Å². The topological polar surface area (TPSA) is 45.7 Å². The van der Waals surface area contributed by atoms with Gasteiger partial charge >= 0.3 is 0 Å². The highest BCUT2D eigenvalue weighted by atomic mass is 32.1. The summed E-state index contributed by atoms with van der Waals surface area (Å²) in [5.41, 5.74) is 5.02. The smallest absolute Gasteiger partial charge is 0.260 e. The summed E-state index contributed by atoms with van der Waals surface area (Å²) in [7, 11) is 5.66. The molecule has 33 heavy (non-hydrogen) atoms. The molecule has 0 unspecified atom stereocenters. The van der Waals surface area contributed by atoms with Gasteiger partial charge in [0.2, 0.25) is 0 Å². The van der Waals surface area contributed by atoms with Crippen LogP contribution in [0.4, 0.5) is 5.13 Å². The predicted molar refractivity (Wildman–Crippen MR) is 137 cm³/mol. The molecule has 170 valence electrons. The molecule has 0 saturated heterocycles. The second-order valence-electron chi connectivity index (χ2n) is 8.38. The number of fused-ring (bicyclic) bond motifs is 1. The molecule has 0 bridgehead atoms. The highest BCUT2D eigenvalue weighted by molar-refractivity contribution is 7.22. The van der Waals surface area contributed by atoms with Crippen LogP contribution < -0.4 is 9.64 Å². The van der Waals surface area contributed by atoms with Gasteiger partial charge in [-0.2, -0.15) is 0 Å². The van der Waals surface area contributed by atoms with Crippen molar-refractivity contribution in [1.82, 2.24) is 9.88 Å². The number of rotatable bonds is 8. The fourth-order valence-corrected chi connectivity index (χ4v) is 4.79. The molecule has 0 fully saturated rings. The van der Waals surface area contributed by atoms with Crippen molar-refractivity contribution >= 4 is 32.6 Å². The standard InChI is InChI=1S/C27H29N3O2S/c1-19-10-15-23(32-4)24-25(19)33-27(28-24)30(17-16-29(2)3)26(31)22-13-11-21(12-14-22)18-20-8-6-5-7-9-20/h5-15H,16-18H2,1-4H3. The Hall–Kier alpha value is -3.22. The van der Waals surface area contributed by atoms with E-state index in [1.807, 2.05) is 68.7 Å². The van der Waals surface area contributed by atoms with Gasteiger partial charge in [-0.05, 0) is 62.3 Å². The molecule has 0 saturated carbocycles. The van der Waals surface area contributed by atoms with Crippen LogP contribution in [0.1, 0.15) is 27.0 Å². The van der Waals surface area contributed by atoms with Crippen LogP contribution in [0.2, 0.25) is 0 Å². The van der Waals surface area contributed by atoms with Crippen LogP contribution in [0.15, 0.2) is 66.7 Å². The fraction of sp³-hybridized carbons (Fsp3) is 0.259. The number of benzene rings is 3. The molecule has 1 amide bonds. The lowest BCUT2D eigenvalue weighted by molar-refractivity contribution is 0.0985. The first-order chi connectivity index (χ1) is 16.0. The Bertz CT molecular complexity index is 1230. The molecular formula is C27H29N3O2S. The van der Waals surface area contributed by atoms with E-state index in [1.54, 1.807) is 12.0 Å². The summed E-state index contributed by atoms with van der Waals surface area (Å²) < 4.78 is 6.56. The molecule has 0 atom stereocenters. The number of likely N-dealkylation sites (N-methyl/N-ethyl adjacent to an activating group) is 1. The van der Waals surface area contributed by atoms with E-state index in [0.29, 0.717) is 17.2 Å². The van der Waals surface area contributed by atoms with Crippen LogP contribution in [0.5, 0.6) is 5.75 Å². The van der Waals surface area contributed by atoms with Gasteiger partial charge in [-0.25, -0.2) is 4.98 Å². The van der Waals surface area contributed by atoms with Crippen molar-refractivity contribution in [2.45, 2.75) is 13.3 Å². The van der Waals surface area contributed by atoms with Crippen molar-refractivity contribution in [2.24, 2.45) is 0 Å². The Labute approximate surface area is 199 Å². The molecule has 0 spiro atoms. The number of thiazole rings is 1. The van der Waals surface area contributed by atoms with Gasteiger partial charge in [-0.3, -0.25) is 9.69 Å². The Morgan fingerprint density at radius 3 is 2.30 bits per heavy atom. The van der Waals surface area contributed by atoms with Gasteiger partial charge in [0, 0.05) is 18.7 Å². The molecule has 0 aliphatic heterocycles. The Balaban J connectivity index is 1.63. The average Bonchev–Trinajstić information content (AvgIpc) is 3.26. The van der Waals surface area contributed by atoms with E-state index in [4.69, 9.17) is 9.72 Å². The molecule has 0 aliphatic carbocycles. The summed E-state index contributed by atoms with van der Waals surface area (Å²) in [5.74, 6) is 0.683. The SMILES string of the molecule is COc1ccc(C)c2sc(N(CCN(C)C)C(=O)c3ccc(Cc4ccccc4)cc3)nc12. The van der Waals surface area contributed by atoms with Crippen molar-refractivity contribution in [3.8, 4) is 5.75 Å². The van der Waals surface area contributed by atoms with Crippen molar-refractivity contribution in [2.75, 3.05) is 39.2 Å². The van der Waals surface area contributed by atoms with Crippen molar-refractivity contribution < 1.29 is 9.53 Å². The minimum Gasteiger partial charge on any atom is -0.494 e. The summed E-state index contributed by atoms with van der Waals surface area (Å²) in [5, 5.41) is 0.692. The lowest BCUT2D eigenvalue weighted by Crippen LogP contribution is -2.36. The third kappa shape index (κ3) is 5.24. The summed E-state index contributed by atoms with van der Waals surface area (Å²) in [4.78, 5) is 22.3. The van der Waals surface area contributed by atoms with Crippen LogP contribution in [0, 0.1) is 6.92 Å². The number of ether oxygens (including phenoxy) is 1. The summed E-state index contributed by atoms with van der Waals surface area (Å²) in [6.45, 7) is 3.35. The number of amides is 1. The van der Waals surface area contributed by atoms with Crippen molar-refractivity contribution in [1.29, 1.82) is 0 Å². The predicted octanol–water partition coefficient (Wildman–Crippen LogP) is 5.41. The molecule has 3 aromatic carbocycles. The molecule has 0 aliphatic rings. The molecule has 0 N–H and O–H groups in total. The largest absolute Gasteiger partial charge is 0.494 e. The number of carbonyl (C=O) groups excluding carboxylic acids is 1. The lowest BCUT2D eigenvalue weighted by atomic mass is 10.0. The fourth-order valence-electron chi connectivity index (χ4n) is 3.72. The number of methoxy groups -OCH3 is 1. The zero-order valence-electron chi connectivity index (χ0n) is 19.5. The molecule has 0 radical (unpaired) electrons. The van der Waals surface area contributed by atoms with Gasteiger partial charge in [0.15, 0.2) is 5.13 Å². The highest BCUT2D eigenvalue weighted by Crippen LogP contribution is 2.36. The van der Waals surface area contributed by atoms with E-state index in [1.165, 1.54) is 22.5 Å². The zero-order valence-corrected chi connectivity index (χ0v) is 20.4. The third-order valence-corrected chi connectivity index (χ3v) is 6.82. The zero-order chi connectivity index (χ0) is 23.4. The summed E-state index contributed by atoms with van der Waals surface area (Å²) in [6, 6.07) is 22.2. The first kappa shape index (κ1) is 23.0. The maximum Gasteiger partial charge on any atom is 0.260 e. The van der Waals surface area contributed by atoms with Gasteiger partial charge in [0.1, 0.15) is 11.3 Å². The Kier molecular flexibility index (Phi) is 7.06. The van der Waals surface area contributed by atoms with E-state index < -0.39 is 0 Å². The number of aromatic nitrogens is 1. The number of carbonyl (C=O) groups is 1. The molecule has 5 nitrogen and oxygen atoms in total. The van der Waals surface area contributed by atoms with Crippen molar-refractivity contribution in [3.05, 3.63) is 89.0 Å². The van der Waals surface area contributed by atoms with Gasteiger partial charge in [0.05, 0.1) is 11.8 Å². The average molecular weight is 460 g/mol. The summed E-state index contributed by atoms with van der Waals surface area (Å²) >= 11 is 1.54. The number of hydrogen-bond donors (Lipinski definition) is 0. The normalized spacial score (nSPS) is 11.2. The quantitative estimate of drug-likeness (QED) is 0.353. The Morgan fingerprint density at radius 1 is 0.939 bits per heavy atom. The molecule has 4 aromatic rings. The van der Waals surface area contributed by atoms with E-state index in [0.717, 1.165) is 34.5 Å². The maximum absolute atomic E-state index is 13.6. The van der Waals surface area contributed by atoms with Gasteiger partial charge in [-0.15, -0.1) is 0 Å². The maximum atomic E-state index is 13.6. The highest BCUT2D eigenvalue weighted by Gasteiger charge is 2.23. The Morgan fingerprint density at radius 2 is 1.64 bits per heavy atom. The second-order valence-corrected chi connectivity index (χ2v) is 9.36. The molecular weight excluding hydrogens is 430 g/mol. The first-order valence-corrected chi connectivity index (χ1v) is 11.8. The van der Waals surface area contributed by atoms with Gasteiger partial charge in [-0.1, -0.05) is 59.9 Å². The van der Waals surface area contributed by atoms with Crippen LogP contribution in [0.3, 0.4) is 0 Å². The molecule has 1 heterocycles. The molecule has 1 aromatic heterocycles. The van der Waals surface area contributed by atoms with Gasteiger partial charge in [0.25, 0.3) is 5.91 Å². The second kappa shape index (κ2) is 10.1.